The van der Waals surface area contributed by atoms with E-state index >= 15 is 0 Å². The van der Waals surface area contributed by atoms with E-state index in [-0.39, 0.29) is 18.2 Å². The molecule has 1 fully saturated rings. The van der Waals surface area contributed by atoms with Gasteiger partial charge >= 0.3 is 0 Å². The van der Waals surface area contributed by atoms with Crippen molar-refractivity contribution in [2.75, 3.05) is 20.4 Å². The van der Waals surface area contributed by atoms with Crippen LogP contribution in [-0.2, 0) is 27.2 Å². The summed E-state index contributed by atoms with van der Waals surface area (Å²) in [5.41, 5.74) is 4.68. The second kappa shape index (κ2) is 8.78. The van der Waals surface area contributed by atoms with Crippen LogP contribution in [0.25, 0.3) is 0 Å². The van der Waals surface area contributed by atoms with Crippen LogP contribution in [0.15, 0.2) is 41.3 Å². The molecule has 0 atom stereocenters. The molecule has 1 saturated carbocycles. The third kappa shape index (κ3) is 5.63. The maximum absolute atomic E-state index is 13.7. The average Bonchev–Trinajstić information content (AvgIpc) is 3.52. The summed E-state index contributed by atoms with van der Waals surface area (Å²) in [7, 11) is -0.107. The standard InChI is InChI=1S/C25H34N4O2S/c1-17(2)22-12-19(15-26)13-23(20-8-9-20)24(22)14-25(30)28-32(5,27,31)21-10-6-18(7-11-21)16-29(3)4/h6-7,10-13,17,20H,8-9,14,16H2,1-5H3,(H3,27,28,30,31). The van der Waals surface area contributed by atoms with E-state index in [1.54, 1.807) is 12.1 Å². The van der Waals surface area contributed by atoms with Gasteiger partial charge < -0.3 is 4.90 Å². The number of hydrogen-bond acceptors (Lipinski definition) is 4. The number of carbonyl (C=O) groups excluding carboxylic acids is 1. The van der Waals surface area contributed by atoms with Crippen LogP contribution in [0.3, 0.4) is 0 Å². The van der Waals surface area contributed by atoms with Crippen molar-refractivity contribution in [3.05, 3.63) is 64.2 Å². The Bertz CT molecular complexity index is 1100. The monoisotopic (exact) mass is 454 g/mol. The number of rotatable bonds is 8. The van der Waals surface area contributed by atoms with Crippen LogP contribution >= 0.6 is 0 Å². The molecular weight excluding hydrogens is 420 g/mol. The van der Waals surface area contributed by atoms with Crippen LogP contribution in [0.2, 0.25) is 0 Å². The van der Waals surface area contributed by atoms with Crippen LogP contribution in [0.4, 0.5) is 0 Å². The van der Waals surface area contributed by atoms with Gasteiger partial charge in [0.2, 0.25) is 5.91 Å². The summed E-state index contributed by atoms with van der Waals surface area (Å²) in [4.78, 5) is 15.6. The third-order valence-electron chi connectivity index (χ3n) is 5.80. The minimum absolute atomic E-state index is 0.0867. The van der Waals surface area contributed by atoms with Gasteiger partial charge in [-0.05, 0) is 85.3 Å². The molecule has 0 bridgehead atoms. The highest BCUT2D eigenvalue weighted by Gasteiger charge is 2.33. The Labute approximate surface area is 191 Å². The second-order valence-electron chi connectivity index (χ2n) is 9.67. The molecule has 0 aromatic heterocycles. The van der Waals surface area contributed by atoms with E-state index < -0.39 is 9.44 Å². The smallest absolute Gasteiger partial charge is 0.235 e. The predicted molar refractivity (Wildman–Crippen MR) is 129 cm³/mol. The maximum atomic E-state index is 13.7. The minimum Gasteiger partial charge on any atom is -0.305 e. The van der Waals surface area contributed by atoms with E-state index in [4.69, 9.17) is 5.14 Å². The number of amides is 1. The molecule has 0 radical (unpaired) electrons. The molecule has 6 nitrogen and oxygen atoms in total. The van der Waals surface area contributed by atoms with Crippen molar-refractivity contribution < 1.29 is 9.00 Å². The highest BCUT2D eigenvalue weighted by atomic mass is 32.3. The lowest BCUT2D eigenvalue weighted by Crippen LogP contribution is -2.56. The summed E-state index contributed by atoms with van der Waals surface area (Å²) >= 11 is 0. The van der Waals surface area contributed by atoms with Crippen LogP contribution < -0.4 is 9.86 Å². The molecule has 1 amide bonds. The molecule has 32 heavy (non-hydrogen) atoms. The van der Waals surface area contributed by atoms with E-state index in [2.05, 4.69) is 24.6 Å². The van der Waals surface area contributed by atoms with Gasteiger partial charge in [0.1, 0.15) is 0 Å². The van der Waals surface area contributed by atoms with E-state index in [0.717, 1.165) is 41.6 Å². The fourth-order valence-corrected chi connectivity index (χ4v) is 5.67. The molecule has 3 rings (SSSR count). The molecule has 1 aliphatic carbocycles. The summed E-state index contributed by atoms with van der Waals surface area (Å²) < 4.78 is 16.3. The third-order valence-corrected chi connectivity index (χ3v) is 7.98. The Morgan fingerprint density at radius 3 is 2.38 bits per heavy atom. The first-order valence-corrected chi connectivity index (χ1v) is 13.4. The number of hydrogen-bond donors (Lipinski definition) is 2. The zero-order valence-electron chi connectivity index (χ0n) is 19.6. The summed E-state index contributed by atoms with van der Waals surface area (Å²) in [6.45, 7) is 4.87. The fraction of sp³-hybridized carbons (Fsp3) is 0.440. The van der Waals surface area contributed by atoms with Gasteiger partial charge in [0, 0.05) is 27.1 Å². The first kappa shape index (κ1) is 24.1. The Hall–Kier alpha value is -2.53. The van der Waals surface area contributed by atoms with E-state index in [0.29, 0.717) is 16.4 Å². The Morgan fingerprint density at radius 2 is 1.88 bits per heavy atom. The largest absolute Gasteiger partial charge is 0.305 e. The van der Waals surface area contributed by atoms with Crippen LogP contribution in [-0.4, -0.2) is 35.4 Å². The van der Waals surface area contributed by atoms with Gasteiger partial charge in [-0.3, -0.25) is 14.7 Å². The molecular formula is C25H34N4O2S. The number of nitrogens with zero attached hydrogens (tertiary/aromatic N) is 2. The quantitative estimate of drug-likeness (QED) is 0.637. The van der Waals surface area contributed by atoms with Gasteiger partial charge in [-0.2, -0.15) is 5.26 Å². The molecule has 2 aromatic carbocycles. The highest BCUT2D eigenvalue weighted by Crippen LogP contribution is 2.44. The van der Waals surface area contributed by atoms with Gasteiger partial charge in [0.05, 0.1) is 18.1 Å². The molecule has 0 spiro atoms. The van der Waals surface area contributed by atoms with E-state index in [1.165, 1.54) is 6.26 Å². The predicted octanol–water partition coefficient (Wildman–Crippen LogP) is 3.58. The van der Waals surface area contributed by atoms with Gasteiger partial charge in [0.15, 0.2) is 0 Å². The summed E-state index contributed by atoms with van der Waals surface area (Å²) in [5, 5.41) is 15.7. The Morgan fingerprint density at radius 1 is 1.25 bits per heavy atom. The van der Waals surface area contributed by atoms with Gasteiger partial charge in [0.25, 0.3) is 0 Å². The number of nitrogens with two attached hydrogens (primary N) is 1. The van der Waals surface area contributed by atoms with Crippen molar-refractivity contribution in [2.45, 2.75) is 56.4 Å². The van der Waals surface area contributed by atoms with E-state index in [1.807, 2.05) is 43.3 Å². The van der Waals surface area contributed by atoms with Crippen LogP contribution in [0.1, 0.15) is 66.3 Å². The van der Waals surface area contributed by atoms with Crippen LogP contribution in [0.5, 0.6) is 0 Å². The molecule has 0 aliphatic heterocycles. The maximum Gasteiger partial charge on any atom is 0.235 e. The highest BCUT2D eigenvalue weighted by molar-refractivity contribution is 8.16. The fourth-order valence-electron chi connectivity index (χ4n) is 4.10. The molecule has 0 heterocycles. The Kier molecular flexibility index (Phi) is 6.62. The zero-order valence-corrected chi connectivity index (χ0v) is 20.5. The minimum atomic E-state index is -4.07. The van der Waals surface area contributed by atoms with Crippen molar-refractivity contribution in [1.82, 2.24) is 9.62 Å². The van der Waals surface area contributed by atoms with Crippen molar-refractivity contribution in [3.8, 4) is 6.07 Å². The van der Waals surface area contributed by atoms with Crippen molar-refractivity contribution >= 4 is 15.3 Å². The molecule has 1 aliphatic rings. The lowest BCUT2D eigenvalue weighted by atomic mass is 9.87. The van der Waals surface area contributed by atoms with Crippen LogP contribution in [0, 0.1) is 11.3 Å². The first-order chi connectivity index (χ1) is 14.9. The normalized spacial score (nSPS) is 15.3. The molecule has 7 heteroatoms. The summed E-state index contributed by atoms with van der Waals surface area (Å²) in [6.07, 6.45) is 3.61. The van der Waals surface area contributed by atoms with Gasteiger partial charge in [-0.1, -0.05) is 26.0 Å². The number of carbonyl (C=O) groups is 1. The van der Waals surface area contributed by atoms with Crippen molar-refractivity contribution in [3.63, 3.8) is 0 Å². The zero-order chi connectivity index (χ0) is 23.7. The van der Waals surface area contributed by atoms with Crippen molar-refractivity contribution in [2.24, 2.45) is 5.14 Å². The molecule has 0 saturated heterocycles. The Balaban J connectivity index is 1.87. The lowest BCUT2D eigenvalue weighted by Gasteiger charge is -2.35. The number of nitrogens with one attached hydrogen (secondary N) is 1. The lowest BCUT2D eigenvalue weighted by molar-refractivity contribution is -0.118. The van der Waals surface area contributed by atoms with E-state index in [9.17, 15) is 14.3 Å². The van der Waals surface area contributed by atoms with Gasteiger partial charge in [-0.25, -0.2) is 4.21 Å². The SMILES string of the molecule is CC(C)c1cc(C#N)cc(C2CC2)c1CC(=O)NS(C)(N)(=O)c1ccc(CN(C)C)cc1. The van der Waals surface area contributed by atoms with Gasteiger partial charge in [-0.15, -0.1) is 0 Å². The molecule has 0 unspecified atom stereocenters. The molecule has 3 N–H and O–H groups in total. The molecule has 2 aromatic rings. The first-order valence-electron chi connectivity index (χ1n) is 10.9. The molecule has 172 valence electrons. The number of nitriles is 1. The second-order valence-corrected chi connectivity index (χ2v) is 13.2. The summed E-state index contributed by atoms with van der Waals surface area (Å²) in [5.74, 6) is 0.165. The van der Waals surface area contributed by atoms with Crippen molar-refractivity contribution in [1.29, 1.82) is 5.26 Å². The number of benzene rings is 2. The topological polar surface area (TPSA) is 99.2 Å². The average molecular weight is 455 g/mol. The summed E-state index contributed by atoms with van der Waals surface area (Å²) in [6, 6.07) is 13.2.